The third-order valence-electron chi connectivity index (χ3n) is 8.61. The van der Waals surface area contributed by atoms with Crippen molar-refractivity contribution in [2.24, 2.45) is 29.6 Å². The number of rotatable bonds is 7. The lowest BCUT2D eigenvalue weighted by Gasteiger charge is -2.43. The Morgan fingerprint density at radius 3 is 2.57 bits per heavy atom. The number of aromatic amines is 1. The predicted molar refractivity (Wildman–Crippen MR) is 132 cm³/mol. The number of likely N-dealkylation sites (tertiary alicyclic amines) is 1. The van der Waals surface area contributed by atoms with E-state index in [4.69, 9.17) is 5.11 Å². The van der Waals surface area contributed by atoms with Gasteiger partial charge in [0.25, 0.3) is 0 Å². The first kappa shape index (κ1) is 23.0. The van der Waals surface area contributed by atoms with Crippen molar-refractivity contribution in [3.63, 3.8) is 0 Å². The molecule has 3 heterocycles. The lowest BCUT2D eigenvalue weighted by atomic mass is 9.67. The van der Waals surface area contributed by atoms with E-state index in [1.807, 2.05) is 12.1 Å². The van der Waals surface area contributed by atoms with E-state index < -0.39 is 5.97 Å². The van der Waals surface area contributed by atoms with Gasteiger partial charge in [-0.15, -0.1) is 11.8 Å². The molecular weight excluding hydrogens is 484 g/mol. The van der Waals surface area contributed by atoms with Crippen molar-refractivity contribution < 1.29 is 19.5 Å². The maximum atomic E-state index is 13.5. The molecule has 1 saturated heterocycles. The van der Waals surface area contributed by atoms with Crippen LogP contribution in [0.2, 0.25) is 0 Å². The van der Waals surface area contributed by atoms with E-state index in [2.05, 4.69) is 24.0 Å². The zero-order valence-electron chi connectivity index (χ0n) is 19.4. The molecule has 2 amide bonds. The van der Waals surface area contributed by atoms with Crippen molar-refractivity contribution in [1.82, 2.24) is 9.88 Å². The Hall–Kier alpha value is -2.39. The molecule has 2 aliphatic heterocycles. The smallest absolute Gasteiger partial charge is 0.305 e. The van der Waals surface area contributed by atoms with Gasteiger partial charge >= 0.3 is 10.8 Å². The second-order valence-corrected chi connectivity index (χ2v) is 12.6. The molecule has 7 nitrogen and oxygen atoms in total. The zero-order valence-corrected chi connectivity index (χ0v) is 21.1. The van der Waals surface area contributed by atoms with E-state index >= 15 is 0 Å². The number of nitrogens with one attached hydrogen (secondary N) is 1. The first-order valence-electron chi connectivity index (χ1n) is 12.4. The van der Waals surface area contributed by atoms with Crippen LogP contribution in [-0.4, -0.2) is 44.6 Å². The maximum Gasteiger partial charge on any atom is 0.305 e. The van der Waals surface area contributed by atoms with E-state index in [-0.39, 0.29) is 63.9 Å². The Labute approximate surface area is 211 Å². The minimum Gasteiger partial charge on any atom is -0.481 e. The van der Waals surface area contributed by atoms with Gasteiger partial charge in [-0.25, -0.2) is 0 Å². The van der Waals surface area contributed by atoms with Gasteiger partial charge in [0.1, 0.15) is 0 Å². The van der Waals surface area contributed by atoms with E-state index in [1.165, 1.54) is 27.4 Å². The summed E-state index contributed by atoms with van der Waals surface area (Å²) in [5.74, 6) is -0.872. The first-order valence-corrected chi connectivity index (χ1v) is 14.1. The summed E-state index contributed by atoms with van der Waals surface area (Å²) >= 11 is 3.00. The van der Waals surface area contributed by atoms with Crippen molar-refractivity contribution in [3.05, 3.63) is 49.9 Å². The fourth-order valence-corrected chi connectivity index (χ4v) is 10.2. The second-order valence-electron chi connectivity index (χ2n) is 10.3. The van der Waals surface area contributed by atoms with Crippen LogP contribution < -0.4 is 4.87 Å². The van der Waals surface area contributed by atoms with Gasteiger partial charge in [0.05, 0.1) is 16.9 Å². The van der Waals surface area contributed by atoms with Crippen LogP contribution in [0.15, 0.2) is 34.1 Å². The molecule has 6 rings (SSSR count). The lowest BCUT2D eigenvalue weighted by molar-refractivity contribution is -0.141. The molecule has 0 spiro atoms. The second kappa shape index (κ2) is 8.62. The third kappa shape index (κ3) is 3.53. The van der Waals surface area contributed by atoms with Crippen molar-refractivity contribution in [1.29, 1.82) is 0 Å². The highest BCUT2D eigenvalue weighted by Crippen LogP contribution is 2.68. The molecule has 1 aromatic carbocycles. The van der Waals surface area contributed by atoms with Crippen molar-refractivity contribution >= 4 is 40.9 Å². The summed E-state index contributed by atoms with van der Waals surface area (Å²) < 4.78 is 0. The van der Waals surface area contributed by atoms with E-state index in [9.17, 15) is 19.2 Å². The molecule has 184 valence electrons. The predicted octanol–water partition coefficient (Wildman–Crippen LogP) is 3.86. The molecule has 2 N–H and O–H groups in total. The van der Waals surface area contributed by atoms with Gasteiger partial charge in [0, 0.05) is 29.0 Å². The van der Waals surface area contributed by atoms with Gasteiger partial charge in [-0.1, -0.05) is 42.0 Å². The van der Waals surface area contributed by atoms with Gasteiger partial charge in [0.15, 0.2) is 0 Å². The molecule has 0 radical (unpaired) electrons. The third-order valence-corrected chi connectivity index (χ3v) is 11.2. The van der Waals surface area contributed by atoms with E-state index in [0.29, 0.717) is 25.8 Å². The Morgan fingerprint density at radius 2 is 1.83 bits per heavy atom. The molecule has 2 aromatic rings. The average Bonchev–Trinajstić information content (AvgIpc) is 3.54. The maximum absolute atomic E-state index is 13.5. The highest BCUT2D eigenvalue weighted by atomic mass is 32.2. The monoisotopic (exact) mass is 512 g/mol. The van der Waals surface area contributed by atoms with Gasteiger partial charge < -0.3 is 10.1 Å². The van der Waals surface area contributed by atoms with E-state index in [1.54, 1.807) is 11.8 Å². The molecule has 2 bridgehead atoms. The number of unbranched alkanes of at least 4 members (excludes halogenated alkanes) is 2. The molecule has 35 heavy (non-hydrogen) atoms. The number of aryl methyl sites for hydroxylation is 1. The number of carboxylic acid groups (broad SMARTS) is 1. The SMILES string of the molecule is Cc1ccccc1C1c2sc(=O)[nH]c2SC2C3CC(C4C(=O)N(CCCCCC(=O)O)C(=O)C34)C12. The standard InChI is InChI=1S/C26H28N2O5S2/c1-12-7-4-5-8-13(12)17-18-14-11-15(21(18)34-23-22(17)35-26(33)27-23)20-19(14)24(31)28(25(20)32)10-6-2-3-9-16(29)30/h4-5,7-8,14-15,17-21H,2-3,6,9-11H2,1H3,(H,27,33)(H,29,30). The number of H-pyrrole nitrogens is 1. The number of aliphatic carboxylic acids is 1. The summed E-state index contributed by atoms with van der Waals surface area (Å²) in [6, 6.07) is 8.32. The molecule has 2 saturated carbocycles. The highest BCUT2D eigenvalue weighted by molar-refractivity contribution is 8.00. The molecular formula is C26H28N2O5S2. The van der Waals surface area contributed by atoms with Crippen molar-refractivity contribution in [2.45, 2.75) is 55.2 Å². The largest absolute Gasteiger partial charge is 0.481 e. The number of amides is 2. The number of hydrogen-bond donors (Lipinski definition) is 2. The summed E-state index contributed by atoms with van der Waals surface area (Å²) in [6.07, 6.45) is 2.90. The zero-order chi connectivity index (χ0) is 24.4. The van der Waals surface area contributed by atoms with Gasteiger partial charge in [0.2, 0.25) is 11.8 Å². The summed E-state index contributed by atoms with van der Waals surface area (Å²) in [4.78, 5) is 55.6. The number of nitrogens with zero attached hydrogens (tertiary/aromatic N) is 1. The number of hydrogen-bond acceptors (Lipinski definition) is 6. The topological polar surface area (TPSA) is 108 Å². The highest BCUT2D eigenvalue weighted by Gasteiger charge is 2.69. The van der Waals surface area contributed by atoms with Crippen LogP contribution in [0.4, 0.5) is 0 Å². The minimum atomic E-state index is -0.817. The Kier molecular flexibility index (Phi) is 5.67. The van der Waals surface area contributed by atoms with Gasteiger partial charge in [-0.05, 0) is 55.1 Å². The molecule has 1 aromatic heterocycles. The molecule has 3 fully saturated rings. The van der Waals surface area contributed by atoms with Crippen LogP contribution in [-0.2, 0) is 14.4 Å². The molecule has 7 unspecified atom stereocenters. The van der Waals surface area contributed by atoms with Crippen LogP contribution in [0.25, 0.3) is 0 Å². The number of imide groups is 1. The number of carboxylic acids is 1. The minimum absolute atomic E-state index is 0.0363. The fourth-order valence-electron chi connectivity index (χ4n) is 7.31. The first-order chi connectivity index (χ1) is 16.9. The summed E-state index contributed by atoms with van der Waals surface area (Å²) in [6.45, 7) is 2.49. The van der Waals surface area contributed by atoms with Crippen molar-refractivity contribution in [3.8, 4) is 0 Å². The van der Waals surface area contributed by atoms with Crippen LogP contribution >= 0.6 is 23.1 Å². The Bertz CT molecular complexity index is 1270. The van der Waals surface area contributed by atoms with Crippen molar-refractivity contribution in [2.75, 3.05) is 6.54 Å². The number of fused-ring (bicyclic) bond motifs is 9. The average molecular weight is 513 g/mol. The molecule has 7 atom stereocenters. The summed E-state index contributed by atoms with van der Waals surface area (Å²) in [5, 5.41) is 9.97. The van der Waals surface area contributed by atoms with Crippen LogP contribution in [0.5, 0.6) is 0 Å². The summed E-state index contributed by atoms with van der Waals surface area (Å²) in [7, 11) is 0. The quantitative estimate of drug-likeness (QED) is 0.431. The Balaban J connectivity index is 1.30. The lowest BCUT2D eigenvalue weighted by Crippen LogP contribution is -2.42. The number of benzene rings is 1. The number of carbonyl (C=O) groups excluding carboxylic acids is 2. The van der Waals surface area contributed by atoms with Crippen LogP contribution in [0.1, 0.15) is 54.0 Å². The Morgan fingerprint density at radius 1 is 1.09 bits per heavy atom. The van der Waals surface area contributed by atoms with Crippen LogP contribution in [0.3, 0.4) is 0 Å². The normalized spacial score (nSPS) is 32.6. The van der Waals surface area contributed by atoms with Gasteiger partial charge in [-0.2, -0.15) is 0 Å². The molecule has 9 heteroatoms. The van der Waals surface area contributed by atoms with Gasteiger partial charge in [-0.3, -0.25) is 24.1 Å². The summed E-state index contributed by atoms with van der Waals surface area (Å²) in [5.41, 5.74) is 2.40. The number of aromatic nitrogens is 1. The number of carbonyl (C=O) groups is 3. The number of thiazole rings is 1. The number of thioether (sulfide) groups is 1. The molecule has 4 aliphatic rings. The van der Waals surface area contributed by atoms with Crippen LogP contribution in [0, 0.1) is 36.5 Å². The van der Waals surface area contributed by atoms with E-state index in [0.717, 1.165) is 16.3 Å². The fraction of sp³-hybridized carbons (Fsp3) is 0.538. The molecule has 2 aliphatic carbocycles.